The zero-order chi connectivity index (χ0) is 18.1. The van der Waals surface area contributed by atoms with Gasteiger partial charge >= 0.3 is 0 Å². The molecule has 5 nitrogen and oxygen atoms in total. The van der Waals surface area contributed by atoms with E-state index in [0.717, 1.165) is 41.6 Å². The molecule has 0 atom stereocenters. The maximum atomic E-state index is 11.1. The Balaban J connectivity index is 0.00000338. The van der Waals surface area contributed by atoms with Crippen LogP contribution in [-0.2, 0) is 13.0 Å². The third kappa shape index (κ3) is 7.21. The van der Waals surface area contributed by atoms with Crippen molar-refractivity contribution in [3.8, 4) is 0 Å². The lowest BCUT2D eigenvalue weighted by atomic mass is 10.1. The van der Waals surface area contributed by atoms with Crippen LogP contribution in [0.3, 0.4) is 0 Å². The summed E-state index contributed by atoms with van der Waals surface area (Å²) in [6, 6.07) is 15.0. The van der Waals surface area contributed by atoms with E-state index in [4.69, 9.17) is 17.3 Å². The van der Waals surface area contributed by atoms with Crippen LogP contribution in [0.15, 0.2) is 53.5 Å². The number of aliphatic imine (C=N–C) groups is 1. The summed E-state index contributed by atoms with van der Waals surface area (Å²) in [5.74, 6) is 0.318. The van der Waals surface area contributed by atoms with Crippen molar-refractivity contribution in [3.05, 3.63) is 70.2 Å². The van der Waals surface area contributed by atoms with Crippen molar-refractivity contribution in [3.63, 3.8) is 0 Å². The predicted molar refractivity (Wildman–Crippen MR) is 118 cm³/mol. The molecular formula is C19H24ClIN4O. The van der Waals surface area contributed by atoms with Crippen molar-refractivity contribution in [2.45, 2.75) is 19.9 Å². The maximum Gasteiger partial charge on any atom is 0.248 e. The zero-order valence-electron chi connectivity index (χ0n) is 14.7. The van der Waals surface area contributed by atoms with Gasteiger partial charge in [-0.15, -0.1) is 24.0 Å². The minimum atomic E-state index is -0.426. The number of hydrogen-bond acceptors (Lipinski definition) is 2. The molecule has 0 aliphatic carbocycles. The number of rotatable bonds is 7. The first-order valence-electron chi connectivity index (χ1n) is 8.24. The second-order valence-electron chi connectivity index (χ2n) is 5.52. The van der Waals surface area contributed by atoms with Crippen molar-refractivity contribution >= 4 is 47.4 Å². The molecule has 0 spiro atoms. The van der Waals surface area contributed by atoms with Crippen LogP contribution in [0, 0.1) is 0 Å². The molecule has 140 valence electrons. The lowest BCUT2D eigenvalue weighted by molar-refractivity contribution is 0.100. The number of benzene rings is 2. The molecule has 0 bridgehead atoms. The van der Waals surface area contributed by atoms with E-state index in [0.29, 0.717) is 12.1 Å². The smallest absolute Gasteiger partial charge is 0.248 e. The lowest BCUT2D eigenvalue weighted by Crippen LogP contribution is -2.38. The zero-order valence-corrected chi connectivity index (χ0v) is 17.8. The van der Waals surface area contributed by atoms with Crippen LogP contribution in [0.5, 0.6) is 0 Å². The Labute approximate surface area is 176 Å². The number of carbonyl (C=O) groups is 1. The Kier molecular flexibility index (Phi) is 10.0. The molecule has 0 heterocycles. The summed E-state index contributed by atoms with van der Waals surface area (Å²) in [5, 5.41) is 7.30. The van der Waals surface area contributed by atoms with E-state index < -0.39 is 5.91 Å². The number of primary amides is 1. The number of guanidine groups is 1. The van der Waals surface area contributed by atoms with Crippen LogP contribution in [-0.4, -0.2) is 25.0 Å². The molecule has 0 saturated carbocycles. The quantitative estimate of drug-likeness (QED) is 0.319. The van der Waals surface area contributed by atoms with E-state index in [2.05, 4.69) is 15.6 Å². The summed E-state index contributed by atoms with van der Waals surface area (Å²) in [7, 11) is 0. The van der Waals surface area contributed by atoms with Crippen LogP contribution in [0.4, 0.5) is 0 Å². The number of amides is 1. The molecule has 4 N–H and O–H groups in total. The second kappa shape index (κ2) is 11.7. The molecule has 0 aromatic heterocycles. The lowest BCUT2D eigenvalue weighted by Gasteiger charge is -2.12. The van der Waals surface area contributed by atoms with Gasteiger partial charge in [0.05, 0.1) is 6.54 Å². The third-order valence-corrected chi connectivity index (χ3v) is 4.02. The summed E-state index contributed by atoms with van der Waals surface area (Å²) < 4.78 is 0. The van der Waals surface area contributed by atoms with Crippen LogP contribution >= 0.6 is 35.6 Å². The van der Waals surface area contributed by atoms with Gasteiger partial charge in [-0.25, -0.2) is 4.99 Å². The molecule has 0 aliphatic rings. The minimum absolute atomic E-state index is 0. The van der Waals surface area contributed by atoms with E-state index in [1.807, 2.05) is 43.3 Å². The predicted octanol–water partition coefficient (Wildman–Crippen LogP) is 3.35. The molecule has 7 heteroatoms. The maximum absolute atomic E-state index is 11.1. The standard InChI is InChI=1S/C19H23ClN4O.HI/c1-2-22-19(23-12-11-15-5-3-4-6-17(15)20)24-13-14-7-9-16(10-8-14)18(21)25;/h3-10H,2,11-13H2,1H3,(H2,21,25)(H2,22,23,24);1H. The Morgan fingerprint density at radius 1 is 1.12 bits per heavy atom. The van der Waals surface area contributed by atoms with Gasteiger partial charge in [0.15, 0.2) is 5.96 Å². The summed E-state index contributed by atoms with van der Waals surface area (Å²) in [6.07, 6.45) is 0.817. The topological polar surface area (TPSA) is 79.5 Å². The Morgan fingerprint density at radius 3 is 2.42 bits per heavy atom. The summed E-state index contributed by atoms with van der Waals surface area (Å²) >= 11 is 6.17. The fourth-order valence-corrected chi connectivity index (χ4v) is 2.53. The average molecular weight is 487 g/mol. The largest absolute Gasteiger partial charge is 0.366 e. The number of nitrogens with one attached hydrogen (secondary N) is 2. The fourth-order valence-electron chi connectivity index (χ4n) is 2.30. The second-order valence-corrected chi connectivity index (χ2v) is 5.93. The summed E-state index contributed by atoms with van der Waals surface area (Å²) in [4.78, 5) is 15.6. The summed E-state index contributed by atoms with van der Waals surface area (Å²) in [6.45, 7) is 4.04. The van der Waals surface area contributed by atoms with Gasteiger partial charge < -0.3 is 16.4 Å². The SMILES string of the molecule is CCNC(=NCc1ccc(C(N)=O)cc1)NCCc1ccccc1Cl.I. The fraction of sp³-hybridized carbons (Fsp3) is 0.263. The Hall–Kier alpha value is -1.80. The molecule has 0 saturated heterocycles. The van der Waals surface area contributed by atoms with E-state index in [1.165, 1.54) is 0 Å². The van der Waals surface area contributed by atoms with Gasteiger partial charge in [-0.2, -0.15) is 0 Å². The van der Waals surface area contributed by atoms with E-state index in [1.54, 1.807) is 12.1 Å². The number of hydrogen-bond donors (Lipinski definition) is 3. The molecule has 0 fully saturated rings. The highest BCUT2D eigenvalue weighted by atomic mass is 127. The molecule has 26 heavy (non-hydrogen) atoms. The van der Waals surface area contributed by atoms with Gasteiger partial charge in [-0.1, -0.05) is 41.9 Å². The molecule has 2 aromatic carbocycles. The highest BCUT2D eigenvalue weighted by Gasteiger charge is 2.02. The van der Waals surface area contributed by atoms with Crippen molar-refractivity contribution in [1.82, 2.24) is 10.6 Å². The minimum Gasteiger partial charge on any atom is -0.366 e. The average Bonchev–Trinajstić information content (AvgIpc) is 2.61. The summed E-state index contributed by atoms with van der Waals surface area (Å²) in [5.41, 5.74) is 7.85. The number of nitrogens with zero attached hydrogens (tertiary/aromatic N) is 1. The van der Waals surface area contributed by atoms with Gasteiger partial charge in [0, 0.05) is 23.7 Å². The van der Waals surface area contributed by atoms with Gasteiger partial charge in [0.2, 0.25) is 5.91 Å². The Morgan fingerprint density at radius 2 is 1.81 bits per heavy atom. The highest BCUT2D eigenvalue weighted by Crippen LogP contribution is 2.14. The van der Waals surface area contributed by atoms with Crippen molar-refractivity contribution in [2.24, 2.45) is 10.7 Å². The number of halogens is 2. The van der Waals surface area contributed by atoms with E-state index >= 15 is 0 Å². The van der Waals surface area contributed by atoms with Crippen LogP contribution in [0.2, 0.25) is 5.02 Å². The van der Waals surface area contributed by atoms with Crippen LogP contribution in [0.1, 0.15) is 28.4 Å². The normalized spacial score (nSPS) is 10.8. The van der Waals surface area contributed by atoms with Gasteiger partial charge in [-0.05, 0) is 42.7 Å². The highest BCUT2D eigenvalue weighted by molar-refractivity contribution is 14.0. The van der Waals surface area contributed by atoms with Crippen LogP contribution < -0.4 is 16.4 Å². The van der Waals surface area contributed by atoms with E-state index in [-0.39, 0.29) is 24.0 Å². The first-order valence-corrected chi connectivity index (χ1v) is 8.62. The van der Waals surface area contributed by atoms with Crippen LogP contribution in [0.25, 0.3) is 0 Å². The van der Waals surface area contributed by atoms with Crippen molar-refractivity contribution in [2.75, 3.05) is 13.1 Å². The number of carbonyl (C=O) groups excluding carboxylic acids is 1. The molecule has 0 aliphatic heterocycles. The monoisotopic (exact) mass is 486 g/mol. The molecule has 0 radical (unpaired) electrons. The van der Waals surface area contributed by atoms with Gasteiger partial charge in [0.1, 0.15) is 0 Å². The van der Waals surface area contributed by atoms with Gasteiger partial charge in [0.25, 0.3) is 0 Å². The Bertz CT molecular complexity index is 735. The van der Waals surface area contributed by atoms with E-state index in [9.17, 15) is 4.79 Å². The molecule has 2 aromatic rings. The molecule has 2 rings (SSSR count). The molecule has 1 amide bonds. The van der Waals surface area contributed by atoms with Gasteiger partial charge in [-0.3, -0.25) is 4.79 Å². The first-order chi connectivity index (χ1) is 12.1. The first kappa shape index (κ1) is 22.2. The molecular weight excluding hydrogens is 463 g/mol. The van der Waals surface area contributed by atoms with Crippen molar-refractivity contribution < 1.29 is 4.79 Å². The van der Waals surface area contributed by atoms with Crippen molar-refractivity contribution in [1.29, 1.82) is 0 Å². The molecule has 0 unspecified atom stereocenters. The third-order valence-electron chi connectivity index (χ3n) is 3.65. The number of nitrogens with two attached hydrogens (primary N) is 1.